The molecule has 6 heteroatoms. The van der Waals surface area contributed by atoms with Gasteiger partial charge < -0.3 is 4.90 Å². The number of hydrogen-bond donors (Lipinski definition) is 1. The number of carbonyl (C=O) groups is 3. The van der Waals surface area contributed by atoms with Crippen LogP contribution < -0.4 is 5.32 Å². The van der Waals surface area contributed by atoms with Gasteiger partial charge in [-0.15, -0.1) is 0 Å². The van der Waals surface area contributed by atoms with Gasteiger partial charge in [0.15, 0.2) is 0 Å². The van der Waals surface area contributed by atoms with Crippen LogP contribution in [-0.4, -0.2) is 28.7 Å². The molecule has 2 heterocycles. The number of hydrogen-bond acceptors (Lipinski definition) is 3. The van der Waals surface area contributed by atoms with Gasteiger partial charge in [0.05, 0.1) is 6.54 Å². The molecule has 0 bridgehead atoms. The first-order valence-corrected chi connectivity index (χ1v) is 6.00. The maximum atomic E-state index is 13.6. The van der Waals surface area contributed by atoms with Crippen LogP contribution in [0, 0.1) is 5.82 Å². The third-order valence-corrected chi connectivity index (χ3v) is 3.52. The Morgan fingerprint density at radius 1 is 1.26 bits per heavy atom. The van der Waals surface area contributed by atoms with Crippen molar-refractivity contribution in [3.8, 4) is 0 Å². The molecule has 0 spiro atoms. The quantitative estimate of drug-likeness (QED) is 0.753. The molecule has 1 aromatic carbocycles. The number of fused-ring (bicyclic) bond motifs is 1. The summed E-state index contributed by atoms with van der Waals surface area (Å²) in [7, 11) is 0. The van der Waals surface area contributed by atoms with Gasteiger partial charge in [-0.25, -0.2) is 4.39 Å². The average molecular weight is 262 g/mol. The van der Waals surface area contributed by atoms with E-state index in [1.165, 1.54) is 17.0 Å². The standard InChI is InChI=1S/C13H11FN2O3/c14-9-3-1-2-7-8(9)6-16(13(7)19)10-4-5-11(17)15-12(10)18/h1-3,10H,4-6H2,(H,15,17,18)/t10-/m0/s1. The largest absolute Gasteiger partial charge is 0.322 e. The molecule has 2 aliphatic rings. The van der Waals surface area contributed by atoms with E-state index in [0.29, 0.717) is 11.1 Å². The molecule has 1 atom stereocenters. The number of imide groups is 1. The summed E-state index contributed by atoms with van der Waals surface area (Å²) in [6.07, 6.45) is 0.477. The highest BCUT2D eigenvalue weighted by Crippen LogP contribution is 2.28. The van der Waals surface area contributed by atoms with E-state index >= 15 is 0 Å². The summed E-state index contributed by atoms with van der Waals surface area (Å²) in [5, 5.41) is 2.20. The minimum absolute atomic E-state index is 0.0765. The lowest BCUT2D eigenvalue weighted by Gasteiger charge is -2.29. The van der Waals surface area contributed by atoms with Crippen molar-refractivity contribution in [3.63, 3.8) is 0 Å². The molecule has 2 aliphatic heterocycles. The molecule has 98 valence electrons. The number of rotatable bonds is 1. The average Bonchev–Trinajstić information content (AvgIpc) is 2.69. The number of amides is 3. The SMILES string of the molecule is O=C1CC[C@H](N2Cc3c(F)cccc3C2=O)C(=O)N1. The summed E-state index contributed by atoms with van der Waals surface area (Å²) in [6.45, 7) is 0.0765. The maximum Gasteiger partial charge on any atom is 0.255 e. The second kappa shape index (κ2) is 4.15. The van der Waals surface area contributed by atoms with Crippen molar-refractivity contribution in [3.05, 3.63) is 35.1 Å². The van der Waals surface area contributed by atoms with Gasteiger partial charge >= 0.3 is 0 Å². The highest BCUT2D eigenvalue weighted by atomic mass is 19.1. The third-order valence-electron chi connectivity index (χ3n) is 3.52. The van der Waals surface area contributed by atoms with Crippen molar-refractivity contribution in [1.82, 2.24) is 10.2 Å². The van der Waals surface area contributed by atoms with Gasteiger partial charge in [-0.05, 0) is 18.6 Å². The molecule has 0 saturated carbocycles. The Hall–Kier alpha value is -2.24. The Balaban J connectivity index is 1.90. The Bertz CT molecular complexity index is 600. The van der Waals surface area contributed by atoms with Crippen LogP contribution >= 0.6 is 0 Å². The molecule has 0 aromatic heterocycles. The fraction of sp³-hybridized carbons (Fsp3) is 0.308. The van der Waals surface area contributed by atoms with Gasteiger partial charge in [0.2, 0.25) is 11.8 Å². The van der Waals surface area contributed by atoms with Crippen molar-refractivity contribution in [2.75, 3.05) is 0 Å². The van der Waals surface area contributed by atoms with E-state index < -0.39 is 17.8 Å². The zero-order valence-electron chi connectivity index (χ0n) is 9.98. The van der Waals surface area contributed by atoms with Crippen LogP contribution in [0.15, 0.2) is 18.2 Å². The summed E-state index contributed by atoms with van der Waals surface area (Å²) in [6, 6.07) is 3.62. The first kappa shape index (κ1) is 11.8. The Morgan fingerprint density at radius 2 is 2.05 bits per heavy atom. The Kier molecular flexibility index (Phi) is 2.58. The maximum absolute atomic E-state index is 13.6. The van der Waals surface area contributed by atoms with E-state index in [2.05, 4.69) is 5.32 Å². The first-order valence-electron chi connectivity index (χ1n) is 6.00. The Morgan fingerprint density at radius 3 is 2.74 bits per heavy atom. The van der Waals surface area contributed by atoms with Crippen LogP contribution in [0.4, 0.5) is 4.39 Å². The number of carbonyl (C=O) groups excluding carboxylic acids is 3. The predicted molar refractivity (Wildman–Crippen MR) is 62.4 cm³/mol. The van der Waals surface area contributed by atoms with Gasteiger partial charge in [-0.2, -0.15) is 0 Å². The molecule has 3 rings (SSSR count). The molecule has 0 radical (unpaired) electrons. The second-order valence-electron chi connectivity index (χ2n) is 4.67. The minimum atomic E-state index is -0.697. The number of nitrogens with zero attached hydrogens (tertiary/aromatic N) is 1. The normalized spacial score (nSPS) is 22.5. The van der Waals surface area contributed by atoms with E-state index in [1.54, 1.807) is 6.07 Å². The molecule has 3 amide bonds. The highest BCUT2D eigenvalue weighted by Gasteiger charge is 2.39. The molecule has 1 fully saturated rings. The van der Waals surface area contributed by atoms with E-state index in [-0.39, 0.29) is 31.2 Å². The lowest BCUT2D eigenvalue weighted by Crippen LogP contribution is -2.52. The topological polar surface area (TPSA) is 66.5 Å². The summed E-state index contributed by atoms with van der Waals surface area (Å²) in [5.41, 5.74) is 0.613. The van der Waals surface area contributed by atoms with Gasteiger partial charge in [0.25, 0.3) is 5.91 Å². The van der Waals surface area contributed by atoms with Crippen LogP contribution in [0.1, 0.15) is 28.8 Å². The van der Waals surface area contributed by atoms with Gasteiger partial charge in [-0.3, -0.25) is 19.7 Å². The van der Waals surface area contributed by atoms with Gasteiger partial charge in [-0.1, -0.05) is 6.07 Å². The van der Waals surface area contributed by atoms with Crippen LogP contribution in [-0.2, 0) is 16.1 Å². The molecule has 0 aliphatic carbocycles. The van der Waals surface area contributed by atoms with Gasteiger partial charge in [0.1, 0.15) is 11.9 Å². The lowest BCUT2D eigenvalue weighted by atomic mass is 10.0. The number of benzene rings is 1. The third kappa shape index (κ3) is 1.80. The van der Waals surface area contributed by atoms with E-state index in [0.717, 1.165) is 0 Å². The van der Waals surface area contributed by atoms with Crippen LogP contribution in [0.3, 0.4) is 0 Å². The van der Waals surface area contributed by atoms with Crippen molar-refractivity contribution < 1.29 is 18.8 Å². The zero-order valence-corrected chi connectivity index (χ0v) is 9.98. The van der Waals surface area contributed by atoms with Crippen molar-refractivity contribution in [2.24, 2.45) is 0 Å². The summed E-state index contributed by atoms with van der Waals surface area (Å²) >= 11 is 0. The van der Waals surface area contributed by atoms with Crippen LogP contribution in [0.5, 0.6) is 0 Å². The van der Waals surface area contributed by atoms with E-state index in [9.17, 15) is 18.8 Å². The summed E-state index contributed by atoms with van der Waals surface area (Å²) in [4.78, 5) is 36.3. The lowest BCUT2D eigenvalue weighted by molar-refractivity contribution is -0.136. The second-order valence-corrected chi connectivity index (χ2v) is 4.67. The van der Waals surface area contributed by atoms with Crippen molar-refractivity contribution in [1.29, 1.82) is 0 Å². The minimum Gasteiger partial charge on any atom is -0.322 e. The molecular weight excluding hydrogens is 251 g/mol. The van der Waals surface area contributed by atoms with Gasteiger partial charge in [0, 0.05) is 17.5 Å². The summed E-state index contributed by atoms with van der Waals surface area (Å²) in [5.74, 6) is -1.63. The molecule has 1 saturated heterocycles. The van der Waals surface area contributed by atoms with Crippen LogP contribution in [0.2, 0.25) is 0 Å². The molecule has 1 N–H and O–H groups in total. The highest BCUT2D eigenvalue weighted by molar-refractivity contribution is 6.05. The smallest absolute Gasteiger partial charge is 0.255 e. The van der Waals surface area contributed by atoms with Crippen LogP contribution in [0.25, 0.3) is 0 Å². The predicted octanol–water partition coefficient (Wildman–Crippen LogP) is 0.587. The molecule has 0 unspecified atom stereocenters. The Labute approximate surface area is 108 Å². The number of nitrogens with one attached hydrogen (secondary N) is 1. The molecular formula is C13H11FN2O3. The summed E-state index contributed by atoms with van der Waals surface area (Å²) < 4.78 is 13.6. The van der Waals surface area contributed by atoms with E-state index in [4.69, 9.17) is 0 Å². The fourth-order valence-corrected chi connectivity index (χ4v) is 2.55. The molecule has 5 nitrogen and oxygen atoms in total. The van der Waals surface area contributed by atoms with E-state index in [1.807, 2.05) is 0 Å². The monoisotopic (exact) mass is 262 g/mol. The number of halogens is 1. The molecule has 19 heavy (non-hydrogen) atoms. The fourth-order valence-electron chi connectivity index (χ4n) is 2.55. The number of piperidine rings is 1. The molecule has 1 aromatic rings. The first-order chi connectivity index (χ1) is 9.08. The zero-order chi connectivity index (χ0) is 13.6. The van der Waals surface area contributed by atoms with Crippen molar-refractivity contribution >= 4 is 17.7 Å². The van der Waals surface area contributed by atoms with Crippen molar-refractivity contribution in [2.45, 2.75) is 25.4 Å².